The Morgan fingerprint density at radius 2 is 1.66 bits per heavy atom. The monoisotopic (exact) mass is 659 g/mol. The number of likely N-dealkylation sites (tertiary alicyclic amines) is 1. The Morgan fingerprint density at radius 1 is 1.00 bits per heavy atom. The van der Waals surface area contributed by atoms with E-state index in [9.17, 15) is 19.2 Å². The van der Waals surface area contributed by atoms with E-state index in [1.54, 1.807) is 33.2 Å². The summed E-state index contributed by atoms with van der Waals surface area (Å²) in [7, 11) is 6.59. The summed E-state index contributed by atoms with van der Waals surface area (Å²) in [5.74, 6) is -1.06. The molecular weight excluding hydrogens is 598 g/mol. The number of rotatable bonds is 19. The second kappa shape index (κ2) is 19.7. The molecule has 0 saturated carbocycles. The van der Waals surface area contributed by atoms with Crippen molar-refractivity contribution in [2.45, 2.75) is 110 Å². The van der Waals surface area contributed by atoms with Gasteiger partial charge in [0.2, 0.25) is 23.6 Å². The molecule has 1 fully saturated rings. The predicted molar refractivity (Wildman–Crippen MR) is 185 cm³/mol. The fourth-order valence-corrected chi connectivity index (χ4v) is 6.88. The first-order valence-electron chi connectivity index (χ1n) is 17.2. The molecule has 8 atom stereocenters. The van der Waals surface area contributed by atoms with Gasteiger partial charge < -0.3 is 35.2 Å². The van der Waals surface area contributed by atoms with Crippen LogP contribution in [0.4, 0.5) is 0 Å². The number of likely N-dealkylation sites (N-methyl/N-ethyl adjacent to an activating group) is 2. The highest BCUT2D eigenvalue weighted by Crippen LogP contribution is 2.29. The number of benzene rings is 1. The van der Waals surface area contributed by atoms with Gasteiger partial charge >= 0.3 is 0 Å². The topological polar surface area (TPSA) is 129 Å². The van der Waals surface area contributed by atoms with Gasteiger partial charge in [-0.25, -0.2) is 0 Å². The summed E-state index contributed by atoms with van der Waals surface area (Å²) in [6.07, 6.45) is 2.07. The molecule has 1 aliphatic rings. The van der Waals surface area contributed by atoms with Crippen molar-refractivity contribution in [3.63, 3.8) is 0 Å². The lowest BCUT2D eigenvalue weighted by atomic mass is 9.90. The van der Waals surface area contributed by atoms with Crippen molar-refractivity contribution >= 4 is 23.6 Å². The van der Waals surface area contributed by atoms with Crippen LogP contribution >= 0.6 is 0 Å². The molecule has 1 aromatic carbocycles. The van der Waals surface area contributed by atoms with Crippen molar-refractivity contribution in [2.75, 3.05) is 41.4 Å². The Bertz CT molecular complexity index is 1130. The van der Waals surface area contributed by atoms with Crippen LogP contribution in [0.3, 0.4) is 0 Å². The van der Waals surface area contributed by atoms with Gasteiger partial charge in [0.1, 0.15) is 0 Å². The molecule has 7 unspecified atom stereocenters. The minimum atomic E-state index is -0.565. The lowest BCUT2D eigenvalue weighted by Crippen LogP contribution is -2.55. The van der Waals surface area contributed by atoms with Crippen molar-refractivity contribution in [1.29, 1.82) is 0 Å². The van der Waals surface area contributed by atoms with Crippen LogP contribution < -0.4 is 16.0 Å². The molecule has 3 N–H and O–H groups in total. The highest BCUT2D eigenvalue weighted by molar-refractivity contribution is 5.87. The number of nitrogens with one attached hydrogen (secondary N) is 3. The highest BCUT2D eigenvalue weighted by Gasteiger charge is 2.42. The van der Waals surface area contributed by atoms with Crippen LogP contribution in [0, 0.1) is 17.8 Å². The van der Waals surface area contributed by atoms with E-state index < -0.39 is 30.2 Å². The number of carbonyl (C=O) groups is 4. The van der Waals surface area contributed by atoms with Crippen LogP contribution in [0.25, 0.3) is 0 Å². The molecular formula is C36H61N5O6. The molecule has 0 aliphatic carbocycles. The van der Waals surface area contributed by atoms with Crippen molar-refractivity contribution in [2.24, 2.45) is 17.8 Å². The van der Waals surface area contributed by atoms with Crippen LogP contribution in [-0.4, -0.2) is 111 Å². The maximum absolute atomic E-state index is 13.9. The van der Waals surface area contributed by atoms with E-state index in [0.717, 1.165) is 31.2 Å². The van der Waals surface area contributed by atoms with E-state index in [1.807, 2.05) is 76.8 Å². The fraction of sp³-hybridized carbons (Fsp3) is 0.722. The third-order valence-electron chi connectivity index (χ3n) is 9.75. The van der Waals surface area contributed by atoms with Crippen molar-refractivity contribution in [1.82, 2.24) is 25.8 Å². The number of amides is 4. The lowest BCUT2D eigenvalue weighted by Gasteiger charge is -2.39. The van der Waals surface area contributed by atoms with Crippen molar-refractivity contribution < 1.29 is 28.7 Å². The Hall–Kier alpha value is -3.02. The first kappa shape index (κ1) is 40.2. The molecule has 2 rings (SSSR count). The number of hydrogen-bond acceptors (Lipinski definition) is 7. The van der Waals surface area contributed by atoms with E-state index in [1.165, 1.54) is 0 Å². The van der Waals surface area contributed by atoms with E-state index in [-0.39, 0.29) is 60.5 Å². The molecule has 1 aliphatic heterocycles. The number of nitrogens with zero attached hydrogens (tertiary/aromatic N) is 2. The van der Waals surface area contributed by atoms with Gasteiger partial charge in [-0.15, -0.1) is 0 Å². The number of methoxy groups -OCH3 is 2. The SMILES string of the molecule is CCC(C)C(C(CC(=O)N1CCCC1C(OC)C(C)C(=O)N[C@H](C)Cc1ccccc1)OC)N(C)C(=O)CNC(=O)C(NC)C(C)C. The summed E-state index contributed by atoms with van der Waals surface area (Å²) in [5, 5.41) is 8.89. The van der Waals surface area contributed by atoms with Crippen LogP contribution in [0.1, 0.15) is 72.8 Å². The highest BCUT2D eigenvalue weighted by atomic mass is 16.5. The number of hydrogen-bond donors (Lipinski definition) is 3. The van der Waals surface area contributed by atoms with E-state index in [4.69, 9.17) is 9.47 Å². The Balaban J connectivity index is 2.12. The third-order valence-corrected chi connectivity index (χ3v) is 9.75. The van der Waals surface area contributed by atoms with E-state index >= 15 is 0 Å². The van der Waals surface area contributed by atoms with Gasteiger partial charge in [0, 0.05) is 33.9 Å². The van der Waals surface area contributed by atoms with Gasteiger partial charge in [0.25, 0.3) is 0 Å². The van der Waals surface area contributed by atoms with Crippen molar-refractivity contribution in [3.05, 3.63) is 35.9 Å². The van der Waals surface area contributed by atoms with Gasteiger partial charge in [0.15, 0.2) is 0 Å². The maximum Gasteiger partial charge on any atom is 0.242 e. The summed E-state index contributed by atoms with van der Waals surface area (Å²) in [6.45, 7) is 12.2. The molecule has 11 heteroatoms. The first-order chi connectivity index (χ1) is 22.3. The minimum absolute atomic E-state index is 0.0285. The van der Waals surface area contributed by atoms with Gasteiger partial charge in [0.05, 0.1) is 49.2 Å². The Labute approximate surface area is 282 Å². The molecule has 0 bridgehead atoms. The van der Waals surface area contributed by atoms with Gasteiger partial charge in [-0.3, -0.25) is 19.2 Å². The van der Waals surface area contributed by atoms with Crippen LogP contribution in [0.15, 0.2) is 30.3 Å². The van der Waals surface area contributed by atoms with E-state index in [2.05, 4.69) is 16.0 Å². The molecule has 11 nitrogen and oxygen atoms in total. The quantitative estimate of drug-likeness (QED) is 0.208. The fourth-order valence-electron chi connectivity index (χ4n) is 6.88. The Morgan fingerprint density at radius 3 is 2.21 bits per heavy atom. The van der Waals surface area contributed by atoms with Gasteiger partial charge in [-0.2, -0.15) is 0 Å². The summed E-state index contributed by atoms with van der Waals surface area (Å²) < 4.78 is 11.8. The first-order valence-corrected chi connectivity index (χ1v) is 17.2. The minimum Gasteiger partial charge on any atom is -0.379 e. The lowest BCUT2D eigenvalue weighted by molar-refractivity contribution is -0.145. The van der Waals surface area contributed by atoms with Crippen LogP contribution in [0.2, 0.25) is 0 Å². The molecule has 1 saturated heterocycles. The molecule has 266 valence electrons. The zero-order valence-corrected chi connectivity index (χ0v) is 30.4. The summed E-state index contributed by atoms with van der Waals surface area (Å²) in [5.41, 5.74) is 1.15. The average Bonchev–Trinajstić information content (AvgIpc) is 3.53. The van der Waals surface area contributed by atoms with Crippen molar-refractivity contribution in [3.8, 4) is 0 Å². The summed E-state index contributed by atoms with van der Waals surface area (Å²) in [6, 6.07) is 8.93. The molecule has 0 radical (unpaired) electrons. The van der Waals surface area contributed by atoms with Gasteiger partial charge in [-0.1, -0.05) is 71.4 Å². The molecule has 0 spiro atoms. The molecule has 0 aromatic heterocycles. The predicted octanol–water partition coefficient (Wildman–Crippen LogP) is 3.01. The second-order valence-electron chi connectivity index (χ2n) is 13.5. The summed E-state index contributed by atoms with van der Waals surface area (Å²) in [4.78, 5) is 56.7. The zero-order valence-electron chi connectivity index (χ0n) is 30.4. The standard InChI is InChI=1S/C36H61N5O6/c1-11-24(4)33(40(8)31(43)22-38-36(45)32(37-7)23(2)3)29(46-9)21-30(42)41-19-15-18-28(41)34(47-10)26(6)35(44)39-25(5)20-27-16-13-12-14-17-27/h12-14,16-17,23-26,28-29,32-34,37H,11,15,18-22H2,1-10H3,(H,38,45)(H,39,44)/t24?,25-,26?,28?,29?,32?,33?,34?/m1/s1. The average molecular weight is 660 g/mol. The summed E-state index contributed by atoms with van der Waals surface area (Å²) >= 11 is 0. The Kier molecular flexibility index (Phi) is 16.8. The molecule has 47 heavy (non-hydrogen) atoms. The van der Waals surface area contributed by atoms with Crippen LogP contribution in [0.5, 0.6) is 0 Å². The van der Waals surface area contributed by atoms with Crippen LogP contribution in [-0.2, 0) is 35.1 Å². The molecule has 4 amide bonds. The number of carbonyl (C=O) groups excluding carboxylic acids is 4. The molecule has 1 heterocycles. The molecule has 1 aromatic rings. The third kappa shape index (κ3) is 11.3. The maximum atomic E-state index is 13.9. The smallest absolute Gasteiger partial charge is 0.242 e. The second-order valence-corrected chi connectivity index (χ2v) is 13.5. The normalized spacial score (nSPS) is 19.3. The number of ether oxygens (including phenoxy) is 2. The van der Waals surface area contributed by atoms with E-state index in [0.29, 0.717) is 6.54 Å². The largest absolute Gasteiger partial charge is 0.379 e. The van der Waals surface area contributed by atoms with Gasteiger partial charge in [-0.05, 0) is 50.6 Å². The zero-order chi connectivity index (χ0) is 35.3.